The number of nitrogens with zero attached hydrogens (tertiary/aromatic N) is 7. The van der Waals surface area contributed by atoms with Crippen molar-refractivity contribution in [1.29, 1.82) is 0 Å². The van der Waals surface area contributed by atoms with Gasteiger partial charge >= 0.3 is 0 Å². The molecule has 68 heavy (non-hydrogen) atoms. The van der Waals surface area contributed by atoms with Crippen molar-refractivity contribution in [1.82, 2.24) is 34.5 Å². The number of rotatable bonds is 8. The van der Waals surface area contributed by atoms with Crippen LogP contribution in [0.5, 0.6) is 0 Å². The Bertz CT molecular complexity index is 4030. The average Bonchev–Trinajstić information content (AvgIpc) is 3.98. The van der Waals surface area contributed by atoms with Gasteiger partial charge in [0.1, 0.15) is 11.2 Å². The number of hydrogen-bond acceptors (Lipinski definition) is 7. The fourth-order valence-corrected chi connectivity index (χ4v) is 9.37. The fourth-order valence-electron chi connectivity index (χ4n) is 9.37. The zero-order chi connectivity index (χ0) is 45.0. The van der Waals surface area contributed by atoms with Gasteiger partial charge in [0, 0.05) is 49.4 Å². The second kappa shape index (κ2) is 16.2. The predicted octanol–water partition coefficient (Wildman–Crippen LogP) is 14.7. The van der Waals surface area contributed by atoms with Crippen molar-refractivity contribution in [2.75, 3.05) is 0 Å². The summed E-state index contributed by atoms with van der Waals surface area (Å²) in [5.74, 6) is 3.31. The van der Waals surface area contributed by atoms with Gasteiger partial charge in [-0.3, -0.25) is 0 Å². The van der Waals surface area contributed by atoms with Crippen molar-refractivity contribution in [3.63, 3.8) is 0 Å². The molecule has 0 aliphatic heterocycles. The van der Waals surface area contributed by atoms with E-state index in [-0.39, 0.29) is 0 Å². The van der Waals surface area contributed by atoms with Crippen molar-refractivity contribution in [3.05, 3.63) is 224 Å². The van der Waals surface area contributed by atoms with Gasteiger partial charge in [-0.25, -0.2) is 29.9 Å². The van der Waals surface area contributed by atoms with Gasteiger partial charge in [-0.2, -0.15) is 0 Å². The SMILES string of the molecule is c1ccc(-c2cccc(-c3nc(-c4ccccc4)nc(-c4ccccc4-n4c5ccccc5c5cccc(-c6nc(-c7ccccc7)nc(-c7cccc8c7oc7ccccc78)n6)c54)n3)c2)cc1. The third kappa shape index (κ3) is 6.70. The van der Waals surface area contributed by atoms with E-state index < -0.39 is 0 Å². The van der Waals surface area contributed by atoms with Crippen LogP contribution in [0.25, 0.3) is 129 Å². The van der Waals surface area contributed by atoms with Crippen molar-refractivity contribution in [2.45, 2.75) is 0 Å². The molecular weight excluding hydrogens is 835 g/mol. The van der Waals surface area contributed by atoms with Crippen LogP contribution < -0.4 is 0 Å². The Morgan fingerprint density at radius 3 is 1.49 bits per heavy atom. The first-order chi connectivity index (χ1) is 33.7. The molecular formula is C60H37N7O. The van der Waals surface area contributed by atoms with E-state index in [2.05, 4.69) is 126 Å². The molecule has 0 fully saturated rings. The topological polar surface area (TPSA) is 95.4 Å². The van der Waals surface area contributed by atoms with Gasteiger partial charge in [0.05, 0.1) is 22.3 Å². The first-order valence-corrected chi connectivity index (χ1v) is 22.5. The van der Waals surface area contributed by atoms with Crippen LogP contribution >= 0.6 is 0 Å². The summed E-state index contributed by atoms with van der Waals surface area (Å²) in [6, 6.07) is 76.4. The molecule has 0 N–H and O–H groups in total. The van der Waals surface area contributed by atoms with Crippen LogP contribution in [0.3, 0.4) is 0 Å². The van der Waals surface area contributed by atoms with E-state index >= 15 is 0 Å². The Hall–Kier alpha value is -9.40. The van der Waals surface area contributed by atoms with Gasteiger partial charge in [0.15, 0.2) is 34.9 Å². The summed E-state index contributed by atoms with van der Waals surface area (Å²) in [4.78, 5) is 31.4. The predicted molar refractivity (Wildman–Crippen MR) is 273 cm³/mol. The van der Waals surface area contributed by atoms with Gasteiger partial charge < -0.3 is 8.98 Å². The van der Waals surface area contributed by atoms with E-state index in [1.807, 2.05) is 103 Å². The normalized spacial score (nSPS) is 11.5. The second-order valence-corrected chi connectivity index (χ2v) is 16.6. The molecule has 0 unspecified atom stereocenters. The highest BCUT2D eigenvalue weighted by Crippen LogP contribution is 2.41. The summed E-state index contributed by atoms with van der Waals surface area (Å²) in [6.45, 7) is 0. The molecule has 4 aromatic heterocycles. The molecule has 0 saturated carbocycles. The summed E-state index contributed by atoms with van der Waals surface area (Å²) >= 11 is 0. The van der Waals surface area contributed by atoms with Gasteiger partial charge in [-0.15, -0.1) is 0 Å². The molecule has 8 nitrogen and oxygen atoms in total. The van der Waals surface area contributed by atoms with Gasteiger partial charge in [0.2, 0.25) is 0 Å². The van der Waals surface area contributed by atoms with Crippen molar-refractivity contribution >= 4 is 43.7 Å². The maximum absolute atomic E-state index is 6.55. The number of fused-ring (bicyclic) bond motifs is 6. The molecule has 0 saturated heterocycles. The first-order valence-electron chi connectivity index (χ1n) is 22.5. The molecule has 0 bridgehead atoms. The lowest BCUT2D eigenvalue weighted by molar-refractivity contribution is 0.669. The molecule has 13 rings (SSSR count). The fraction of sp³-hybridized carbons (Fsp3) is 0. The van der Waals surface area contributed by atoms with Crippen LogP contribution in [-0.2, 0) is 0 Å². The van der Waals surface area contributed by atoms with E-state index in [4.69, 9.17) is 34.3 Å². The van der Waals surface area contributed by atoms with Crippen LogP contribution in [-0.4, -0.2) is 34.5 Å². The summed E-state index contributed by atoms with van der Waals surface area (Å²) in [7, 11) is 0. The third-order valence-electron chi connectivity index (χ3n) is 12.5. The number of para-hydroxylation sites is 5. The molecule has 13 aromatic rings. The lowest BCUT2D eigenvalue weighted by Gasteiger charge is -2.16. The third-order valence-corrected chi connectivity index (χ3v) is 12.5. The molecule has 8 heteroatoms. The Morgan fingerprint density at radius 2 is 0.750 bits per heavy atom. The highest BCUT2D eigenvalue weighted by atomic mass is 16.3. The largest absolute Gasteiger partial charge is 0.455 e. The van der Waals surface area contributed by atoms with E-state index in [1.165, 1.54) is 0 Å². The molecule has 0 radical (unpaired) electrons. The Kier molecular flexibility index (Phi) is 9.31. The highest BCUT2D eigenvalue weighted by Gasteiger charge is 2.24. The molecule has 0 aliphatic carbocycles. The van der Waals surface area contributed by atoms with Crippen LogP contribution in [0.15, 0.2) is 229 Å². The molecule has 0 aliphatic rings. The lowest BCUT2D eigenvalue weighted by Crippen LogP contribution is -2.05. The Labute approximate surface area is 390 Å². The summed E-state index contributed by atoms with van der Waals surface area (Å²) in [5.41, 5.74) is 11.7. The zero-order valence-corrected chi connectivity index (χ0v) is 36.4. The minimum absolute atomic E-state index is 0.515. The quantitative estimate of drug-likeness (QED) is 0.150. The van der Waals surface area contributed by atoms with Gasteiger partial charge in [-0.05, 0) is 53.6 Å². The van der Waals surface area contributed by atoms with Gasteiger partial charge in [-0.1, -0.05) is 182 Å². The highest BCUT2D eigenvalue weighted by molar-refractivity contribution is 6.14. The van der Waals surface area contributed by atoms with Crippen LogP contribution in [0.1, 0.15) is 0 Å². The van der Waals surface area contributed by atoms with E-state index in [0.29, 0.717) is 34.9 Å². The minimum Gasteiger partial charge on any atom is -0.455 e. The Morgan fingerprint density at radius 1 is 0.294 bits per heavy atom. The Balaban J connectivity index is 1.05. The minimum atomic E-state index is 0.515. The van der Waals surface area contributed by atoms with Gasteiger partial charge in [0.25, 0.3) is 0 Å². The van der Waals surface area contributed by atoms with Crippen LogP contribution in [0.4, 0.5) is 0 Å². The van der Waals surface area contributed by atoms with Crippen molar-refractivity contribution < 1.29 is 4.42 Å². The maximum Gasteiger partial charge on any atom is 0.167 e. The number of aromatic nitrogens is 7. The van der Waals surface area contributed by atoms with Crippen molar-refractivity contribution in [2.24, 2.45) is 0 Å². The molecule has 0 atom stereocenters. The summed E-state index contributed by atoms with van der Waals surface area (Å²) < 4.78 is 8.86. The second-order valence-electron chi connectivity index (χ2n) is 16.6. The summed E-state index contributed by atoms with van der Waals surface area (Å²) in [5, 5.41) is 4.18. The zero-order valence-electron chi connectivity index (χ0n) is 36.4. The molecule has 0 amide bonds. The smallest absolute Gasteiger partial charge is 0.167 e. The van der Waals surface area contributed by atoms with Crippen molar-refractivity contribution in [3.8, 4) is 85.1 Å². The molecule has 0 spiro atoms. The van der Waals surface area contributed by atoms with E-state index in [0.717, 1.165) is 93.9 Å². The number of benzene rings is 9. The first kappa shape index (κ1) is 39.0. The average molecular weight is 872 g/mol. The number of furan rings is 1. The molecule has 4 heterocycles. The standard InChI is InChI=1S/C60H37N7O/c1-4-19-38(20-5-1)41-25-16-26-42(37-41)57-61-55(39-21-6-2-7-22-39)62-58(65-57)47-29-11-14-35-51(47)67-50-34-13-10-27-43(50)45-30-17-32-48(53(45)67)59-63-56(40-23-8-3-9-24-40)64-60(66-59)49-33-18-31-46-44-28-12-15-36-52(44)68-54(46)49/h1-37H. The maximum atomic E-state index is 6.55. The monoisotopic (exact) mass is 871 g/mol. The molecule has 9 aromatic carbocycles. The lowest BCUT2D eigenvalue weighted by atomic mass is 10.0. The van der Waals surface area contributed by atoms with Crippen LogP contribution in [0, 0.1) is 0 Å². The summed E-state index contributed by atoms with van der Waals surface area (Å²) in [6.07, 6.45) is 0. The molecule has 318 valence electrons. The van der Waals surface area contributed by atoms with E-state index in [9.17, 15) is 0 Å². The van der Waals surface area contributed by atoms with Crippen LogP contribution in [0.2, 0.25) is 0 Å². The van der Waals surface area contributed by atoms with E-state index in [1.54, 1.807) is 0 Å². The number of hydrogen-bond donors (Lipinski definition) is 0.